The Morgan fingerprint density at radius 2 is 1.86 bits per heavy atom. The monoisotopic (exact) mass is 340 g/mol. The second kappa shape index (κ2) is 8.31. The van der Waals surface area contributed by atoms with Gasteiger partial charge < -0.3 is 10.1 Å². The van der Waals surface area contributed by atoms with Gasteiger partial charge in [0.05, 0.1) is 18.3 Å². The SMILES string of the molecule is COC(=O)C1CCCCC1S(=O)(=O)N1CCCNCC1.Cl. The lowest BCUT2D eigenvalue weighted by Crippen LogP contribution is -2.47. The number of nitrogens with one attached hydrogen (secondary N) is 1. The van der Waals surface area contributed by atoms with Gasteiger partial charge in [0.15, 0.2) is 0 Å². The minimum atomic E-state index is -3.42. The Kier molecular flexibility index (Phi) is 7.39. The van der Waals surface area contributed by atoms with Crippen molar-refractivity contribution in [1.82, 2.24) is 9.62 Å². The van der Waals surface area contributed by atoms with E-state index in [2.05, 4.69) is 5.32 Å². The first kappa shape index (κ1) is 18.7. The van der Waals surface area contributed by atoms with Gasteiger partial charge in [-0.15, -0.1) is 12.4 Å². The van der Waals surface area contributed by atoms with Crippen molar-refractivity contribution >= 4 is 28.4 Å². The molecule has 124 valence electrons. The number of ether oxygens (including phenoxy) is 1. The van der Waals surface area contributed by atoms with Crippen molar-refractivity contribution in [2.24, 2.45) is 5.92 Å². The van der Waals surface area contributed by atoms with E-state index in [1.807, 2.05) is 0 Å². The molecule has 1 N–H and O–H groups in total. The van der Waals surface area contributed by atoms with Crippen molar-refractivity contribution < 1.29 is 17.9 Å². The van der Waals surface area contributed by atoms with Crippen molar-refractivity contribution in [2.75, 3.05) is 33.3 Å². The summed E-state index contributed by atoms with van der Waals surface area (Å²) in [6, 6.07) is 0. The highest BCUT2D eigenvalue weighted by molar-refractivity contribution is 7.89. The Morgan fingerprint density at radius 3 is 2.57 bits per heavy atom. The zero-order valence-electron chi connectivity index (χ0n) is 12.4. The predicted octanol–water partition coefficient (Wildman–Crippen LogP) is 0.765. The maximum absolute atomic E-state index is 12.8. The Morgan fingerprint density at radius 1 is 1.14 bits per heavy atom. The molecule has 0 radical (unpaired) electrons. The molecule has 0 bridgehead atoms. The fraction of sp³-hybridized carbons (Fsp3) is 0.923. The first-order chi connectivity index (χ1) is 9.57. The molecule has 1 aliphatic carbocycles. The first-order valence-corrected chi connectivity index (χ1v) is 8.85. The lowest BCUT2D eigenvalue weighted by molar-refractivity contribution is -0.146. The second-order valence-electron chi connectivity index (χ2n) is 5.50. The molecule has 0 amide bonds. The molecule has 0 aromatic rings. The van der Waals surface area contributed by atoms with Crippen LogP contribution in [0.2, 0.25) is 0 Å². The highest BCUT2D eigenvalue weighted by Gasteiger charge is 2.42. The molecule has 1 saturated carbocycles. The van der Waals surface area contributed by atoms with Gasteiger partial charge in [-0.3, -0.25) is 4.79 Å². The van der Waals surface area contributed by atoms with E-state index in [9.17, 15) is 13.2 Å². The zero-order valence-corrected chi connectivity index (χ0v) is 14.0. The standard InChI is InChI=1S/C13H24N2O4S.ClH/c1-19-13(16)11-5-2-3-6-12(11)20(17,18)15-9-4-7-14-8-10-15;/h11-12,14H,2-10H2,1H3;1H. The van der Waals surface area contributed by atoms with Gasteiger partial charge in [0, 0.05) is 19.6 Å². The summed E-state index contributed by atoms with van der Waals surface area (Å²) in [7, 11) is -2.09. The van der Waals surface area contributed by atoms with Crippen LogP contribution in [0.25, 0.3) is 0 Å². The van der Waals surface area contributed by atoms with Crippen LogP contribution in [0, 0.1) is 5.92 Å². The maximum atomic E-state index is 12.8. The van der Waals surface area contributed by atoms with Gasteiger partial charge in [0.25, 0.3) is 0 Å². The van der Waals surface area contributed by atoms with Gasteiger partial charge in [-0.1, -0.05) is 12.8 Å². The number of hydrogen-bond donors (Lipinski definition) is 1. The molecule has 0 aromatic heterocycles. The molecular formula is C13H25ClN2O4S. The Bertz CT molecular complexity index is 435. The number of esters is 1. The quantitative estimate of drug-likeness (QED) is 0.768. The van der Waals surface area contributed by atoms with Gasteiger partial charge >= 0.3 is 5.97 Å². The van der Waals surface area contributed by atoms with Crippen LogP contribution in [-0.4, -0.2) is 57.2 Å². The summed E-state index contributed by atoms with van der Waals surface area (Å²) in [5, 5.41) is 2.59. The average molecular weight is 341 g/mol. The minimum Gasteiger partial charge on any atom is -0.469 e. The van der Waals surface area contributed by atoms with E-state index in [1.54, 1.807) is 4.31 Å². The molecule has 2 fully saturated rings. The van der Waals surface area contributed by atoms with E-state index in [-0.39, 0.29) is 18.4 Å². The molecule has 0 spiro atoms. The number of carbonyl (C=O) groups excluding carboxylic acids is 1. The molecule has 2 rings (SSSR count). The molecule has 1 saturated heterocycles. The molecule has 8 heteroatoms. The van der Waals surface area contributed by atoms with Crippen LogP contribution >= 0.6 is 12.4 Å². The lowest BCUT2D eigenvalue weighted by atomic mass is 9.89. The lowest BCUT2D eigenvalue weighted by Gasteiger charge is -2.33. The normalized spacial score (nSPS) is 28.2. The van der Waals surface area contributed by atoms with E-state index in [4.69, 9.17) is 4.74 Å². The van der Waals surface area contributed by atoms with Crippen LogP contribution in [0.5, 0.6) is 0 Å². The van der Waals surface area contributed by atoms with Gasteiger partial charge in [-0.2, -0.15) is 0 Å². The van der Waals surface area contributed by atoms with Gasteiger partial charge in [-0.25, -0.2) is 12.7 Å². The van der Waals surface area contributed by atoms with Crippen molar-refractivity contribution in [3.05, 3.63) is 0 Å². The number of hydrogen-bond acceptors (Lipinski definition) is 5. The maximum Gasteiger partial charge on any atom is 0.310 e. The molecule has 2 unspecified atom stereocenters. The highest BCUT2D eigenvalue weighted by atomic mass is 35.5. The summed E-state index contributed by atoms with van der Waals surface area (Å²) in [5.41, 5.74) is 0. The third-order valence-electron chi connectivity index (χ3n) is 4.25. The van der Waals surface area contributed by atoms with Gasteiger partial charge in [-0.05, 0) is 25.8 Å². The fourth-order valence-corrected chi connectivity index (χ4v) is 5.38. The fourth-order valence-electron chi connectivity index (χ4n) is 3.14. The number of sulfonamides is 1. The number of methoxy groups -OCH3 is 1. The summed E-state index contributed by atoms with van der Waals surface area (Å²) in [4.78, 5) is 11.9. The summed E-state index contributed by atoms with van der Waals surface area (Å²) >= 11 is 0. The van der Waals surface area contributed by atoms with E-state index < -0.39 is 21.2 Å². The summed E-state index contributed by atoms with van der Waals surface area (Å²) in [6.45, 7) is 2.55. The van der Waals surface area contributed by atoms with E-state index in [0.29, 0.717) is 32.5 Å². The van der Waals surface area contributed by atoms with Crippen LogP contribution < -0.4 is 5.32 Å². The van der Waals surface area contributed by atoms with Crippen LogP contribution in [0.4, 0.5) is 0 Å². The van der Waals surface area contributed by atoms with Crippen molar-refractivity contribution in [3.8, 4) is 0 Å². The summed E-state index contributed by atoms with van der Waals surface area (Å²) in [6.07, 6.45) is 3.75. The van der Waals surface area contributed by atoms with E-state index in [0.717, 1.165) is 25.8 Å². The molecule has 2 atom stereocenters. The van der Waals surface area contributed by atoms with E-state index >= 15 is 0 Å². The van der Waals surface area contributed by atoms with Crippen molar-refractivity contribution in [2.45, 2.75) is 37.4 Å². The average Bonchev–Trinajstić information content (AvgIpc) is 2.76. The molecule has 6 nitrogen and oxygen atoms in total. The number of nitrogens with zero attached hydrogens (tertiary/aromatic N) is 1. The van der Waals surface area contributed by atoms with Crippen molar-refractivity contribution in [3.63, 3.8) is 0 Å². The van der Waals surface area contributed by atoms with Crippen molar-refractivity contribution in [1.29, 1.82) is 0 Å². The van der Waals surface area contributed by atoms with Gasteiger partial charge in [0.2, 0.25) is 10.0 Å². The largest absolute Gasteiger partial charge is 0.469 e. The Labute approximate surface area is 133 Å². The molecular weight excluding hydrogens is 316 g/mol. The van der Waals surface area contributed by atoms with Crippen LogP contribution in [0.3, 0.4) is 0 Å². The minimum absolute atomic E-state index is 0. The Balaban J connectivity index is 0.00000220. The highest BCUT2D eigenvalue weighted by Crippen LogP contribution is 2.32. The third-order valence-corrected chi connectivity index (χ3v) is 6.66. The summed E-state index contributed by atoms with van der Waals surface area (Å²) in [5.74, 6) is -0.888. The predicted molar refractivity (Wildman–Crippen MR) is 83.0 cm³/mol. The molecule has 21 heavy (non-hydrogen) atoms. The number of rotatable bonds is 3. The zero-order chi connectivity index (χ0) is 14.6. The molecule has 0 aromatic carbocycles. The van der Waals surface area contributed by atoms with E-state index in [1.165, 1.54) is 7.11 Å². The molecule has 1 heterocycles. The van der Waals surface area contributed by atoms with Crippen LogP contribution in [0.15, 0.2) is 0 Å². The first-order valence-electron chi connectivity index (χ1n) is 7.35. The third kappa shape index (κ3) is 4.31. The smallest absolute Gasteiger partial charge is 0.310 e. The van der Waals surface area contributed by atoms with Crippen LogP contribution in [0.1, 0.15) is 32.1 Å². The molecule has 1 aliphatic heterocycles. The number of halogens is 1. The second-order valence-corrected chi connectivity index (χ2v) is 7.65. The van der Waals surface area contributed by atoms with Crippen LogP contribution in [-0.2, 0) is 19.6 Å². The Hall–Kier alpha value is -0.370. The summed E-state index contributed by atoms with van der Waals surface area (Å²) < 4.78 is 32.0. The number of carbonyl (C=O) groups is 1. The van der Waals surface area contributed by atoms with Gasteiger partial charge in [0.1, 0.15) is 0 Å². The molecule has 2 aliphatic rings. The topological polar surface area (TPSA) is 75.7 Å².